The number of carbonyl (C=O) groups is 4. The van der Waals surface area contributed by atoms with Crippen LogP contribution in [0.25, 0.3) is 0 Å². The predicted octanol–water partition coefficient (Wildman–Crippen LogP) is 1.62. The molecule has 0 radical (unpaired) electrons. The van der Waals surface area contributed by atoms with E-state index in [1.54, 1.807) is 12.1 Å². The summed E-state index contributed by atoms with van der Waals surface area (Å²) in [5, 5.41) is 15.5. The second-order valence-corrected chi connectivity index (χ2v) is 12.7. The van der Waals surface area contributed by atoms with Crippen molar-refractivity contribution in [1.29, 1.82) is 5.26 Å². The van der Waals surface area contributed by atoms with Crippen molar-refractivity contribution in [2.75, 3.05) is 25.5 Å². The minimum atomic E-state index is -1.50. The number of anilines is 1. The number of rotatable bonds is 5. The average molecular weight is 581 g/mol. The van der Waals surface area contributed by atoms with E-state index in [9.17, 15) is 24.4 Å². The molecule has 3 aliphatic carbocycles. The van der Waals surface area contributed by atoms with Crippen LogP contribution in [-0.2, 0) is 19.1 Å². The zero-order chi connectivity index (χ0) is 29.3. The normalized spacial score (nSPS) is 36.5. The molecule has 1 spiro atoms. The summed E-state index contributed by atoms with van der Waals surface area (Å²) >= 11 is 0. The number of fused-ring (bicyclic) bond motifs is 6. The lowest BCUT2D eigenvalue weighted by molar-refractivity contribution is -0.147. The molecule has 13 heteroatoms. The van der Waals surface area contributed by atoms with Gasteiger partial charge in [-0.05, 0) is 61.0 Å². The number of methoxy groups -OCH3 is 1. The van der Waals surface area contributed by atoms with E-state index in [2.05, 4.69) is 21.7 Å². The first-order chi connectivity index (χ1) is 20.2. The highest BCUT2D eigenvalue weighted by Gasteiger charge is 2.65. The van der Waals surface area contributed by atoms with Crippen LogP contribution in [0.5, 0.6) is 5.75 Å². The van der Waals surface area contributed by atoms with Gasteiger partial charge in [-0.15, -0.1) is 0 Å². The van der Waals surface area contributed by atoms with Gasteiger partial charge < -0.3 is 29.9 Å². The molecule has 2 bridgehead atoms. The van der Waals surface area contributed by atoms with Crippen LogP contribution in [-0.4, -0.2) is 88.7 Å². The van der Waals surface area contributed by atoms with Crippen molar-refractivity contribution in [2.24, 2.45) is 29.6 Å². The lowest BCUT2D eigenvalue weighted by Gasteiger charge is -2.37. The van der Waals surface area contributed by atoms with Gasteiger partial charge in [0.15, 0.2) is 11.6 Å². The molecule has 12 nitrogen and oxygen atoms in total. The van der Waals surface area contributed by atoms with Crippen LogP contribution in [0.3, 0.4) is 0 Å². The Hall–Kier alpha value is -3.95. The van der Waals surface area contributed by atoms with Crippen molar-refractivity contribution in [1.82, 2.24) is 20.1 Å². The molecule has 2 saturated heterocycles. The topological polar surface area (TPSA) is 154 Å². The number of alkyl halides is 1. The van der Waals surface area contributed by atoms with Crippen molar-refractivity contribution in [3.63, 3.8) is 0 Å². The van der Waals surface area contributed by atoms with Crippen molar-refractivity contribution in [3.8, 4) is 11.8 Å². The Morgan fingerprint density at radius 3 is 2.86 bits per heavy atom. The Morgan fingerprint density at radius 1 is 1.31 bits per heavy atom. The van der Waals surface area contributed by atoms with E-state index < -0.39 is 59.6 Å². The van der Waals surface area contributed by atoms with E-state index in [1.165, 1.54) is 23.1 Å². The van der Waals surface area contributed by atoms with Crippen molar-refractivity contribution in [3.05, 3.63) is 18.3 Å². The third-order valence-corrected chi connectivity index (χ3v) is 10.3. The fourth-order valence-corrected chi connectivity index (χ4v) is 8.23. The fraction of sp³-hybridized carbons (Fsp3) is 0.655. The minimum Gasteiger partial charge on any atom is -0.472 e. The van der Waals surface area contributed by atoms with Crippen LogP contribution in [0.1, 0.15) is 38.5 Å². The molecule has 9 atom stereocenters. The Bertz CT molecular complexity index is 1380. The zero-order valence-corrected chi connectivity index (χ0v) is 23.2. The summed E-state index contributed by atoms with van der Waals surface area (Å²) in [5.41, 5.74) is -1.50. The van der Waals surface area contributed by atoms with Crippen LogP contribution in [0.4, 0.5) is 15.0 Å². The molecule has 222 valence electrons. The average Bonchev–Trinajstić information content (AvgIpc) is 3.29. The standard InChI is InChI=1S/C29H33FN6O6/c1-41-28(40)33-20(7-14-4-5-14)25(37)35-12-18-15-8-17(19(30)9-15)22(18)23(35)26(38)36-13-29(10-16(36)11-31)27(39)34-24-21(42-29)3-2-6-32-24/h2-3,6,14-20,22-23H,4-5,7-10,12-13H2,1H3,(H,33,40)(H,32,34,39)/t15?,16?,17?,18?,19?,20?,22?,23-,29?/m0/s1. The Labute approximate surface area is 241 Å². The van der Waals surface area contributed by atoms with Crippen LogP contribution in [0, 0.1) is 40.9 Å². The minimum absolute atomic E-state index is 0.0520. The number of aromatic nitrogens is 1. The molecule has 3 aliphatic heterocycles. The largest absolute Gasteiger partial charge is 0.472 e. The van der Waals surface area contributed by atoms with Crippen LogP contribution < -0.4 is 15.4 Å². The smallest absolute Gasteiger partial charge is 0.407 e. The van der Waals surface area contributed by atoms with E-state index in [0.29, 0.717) is 30.9 Å². The number of alkyl carbamates (subject to hydrolysis) is 1. The van der Waals surface area contributed by atoms with Gasteiger partial charge in [0.2, 0.25) is 17.4 Å². The summed E-state index contributed by atoms with van der Waals surface area (Å²) in [7, 11) is 1.23. The SMILES string of the molecule is COC(=O)NC(CC1CC1)C(=O)N1CC2C3CC(F)C(C3)C2[C@H]1C(=O)N1CC2(CC1C#N)Oc1cccnc1NC2=O. The molecule has 5 fully saturated rings. The van der Waals surface area contributed by atoms with E-state index >= 15 is 4.39 Å². The molecule has 1 aromatic heterocycles. The highest BCUT2D eigenvalue weighted by Crippen LogP contribution is 2.59. The maximum absolute atomic E-state index is 15.1. The van der Waals surface area contributed by atoms with E-state index in [-0.39, 0.29) is 43.1 Å². The Kier molecular flexibility index (Phi) is 6.29. The number of halogens is 1. The quantitative estimate of drug-likeness (QED) is 0.533. The van der Waals surface area contributed by atoms with Gasteiger partial charge in [-0.2, -0.15) is 5.26 Å². The summed E-state index contributed by atoms with van der Waals surface area (Å²) in [6.45, 7) is 0.0866. The van der Waals surface area contributed by atoms with Gasteiger partial charge in [-0.25, -0.2) is 14.2 Å². The fourth-order valence-electron chi connectivity index (χ4n) is 8.23. The van der Waals surface area contributed by atoms with Crippen LogP contribution >= 0.6 is 0 Å². The molecule has 6 aliphatic rings. The monoisotopic (exact) mass is 580 g/mol. The van der Waals surface area contributed by atoms with Gasteiger partial charge >= 0.3 is 6.09 Å². The van der Waals surface area contributed by atoms with E-state index in [1.807, 2.05) is 0 Å². The number of ether oxygens (including phenoxy) is 2. The number of nitrogens with one attached hydrogen (secondary N) is 2. The first-order valence-electron chi connectivity index (χ1n) is 14.7. The molecular weight excluding hydrogens is 547 g/mol. The van der Waals surface area contributed by atoms with Crippen molar-refractivity contribution in [2.45, 2.75) is 68.4 Å². The first kappa shape index (κ1) is 26.9. The van der Waals surface area contributed by atoms with Crippen LogP contribution in [0.15, 0.2) is 18.3 Å². The van der Waals surface area contributed by atoms with Crippen molar-refractivity contribution >= 4 is 29.6 Å². The Morgan fingerprint density at radius 2 is 2.12 bits per heavy atom. The number of nitrogens with zero attached hydrogens (tertiary/aromatic N) is 4. The van der Waals surface area contributed by atoms with Gasteiger partial charge in [-0.3, -0.25) is 14.4 Å². The first-order valence-corrected chi connectivity index (χ1v) is 14.7. The highest BCUT2D eigenvalue weighted by molar-refractivity contribution is 6.01. The second-order valence-electron chi connectivity index (χ2n) is 12.7. The third-order valence-electron chi connectivity index (χ3n) is 10.3. The molecule has 8 unspecified atom stereocenters. The van der Waals surface area contributed by atoms with E-state index in [0.717, 1.165) is 12.8 Å². The lowest BCUT2D eigenvalue weighted by Crippen LogP contribution is -2.58. The number of likely N-dealkylation sites (tertiary alicyclic amines) is 2. The summed E-state index contributed by atoms with van der Waals surface area (Å²) in [5.74, 6) is -1.27. The van der Waals surface area contributed by atoms with E-state index in [4.69, 9.17) is 9.47 Å². The van der Waals surface area contributed by atoms with Gasteiger partial charge in [0, 0.05) is 19.2 Å². The summed E-state index contributed by atoms with van der Waals surface area (Å²) in [6.07, 6.45) is 3.06. The molecule has 4 heterocycles. The zero-order valence-electron chi connectivity index (χ0n) is 23.2. The second kappa shape index (κ2) is 9.81. The third kappa shape index (κ3) is 4.17. The molecule has 0 aromatic carbocycles. The van der Waals surface area contributed by atoms with Gasteiger partial charge in [0.05, 0.1) is 19.7 Å². The summed E-state index contributed by atoms with van der Waals surface area (Å²) in [6, 6.07) is 2.58. The molecular formula is C29H33FN6O6. The Balaban J connectivity index is 1.20. The van der Waals surface area contributed by atoms with Gasteiger partial charge in [0.1, 0.15) is 24.3 Å². The molecule has 42 heavy (non-hydrogen) atoms. The number of hydrogen-bond acceptors (Lipinski definition) is 8. The summed E-state index contributed by atoms with van der Waals surface area (Å²) in [4.78, 5) is 61.0. The molecule has 2 N–H and O–H groups in total. The molecule has 7 rings (SSSR count). The van der Waals surface area contributed by atoms with Gasteiger partial charge in [-0.1, -0.05) is 12.8 Å². The maximum atomic E-state index is 15.1. The number of nitriles is 1. The maximum Gasteiger partial charge on any atom is 0.407 e. The predicted molar refractivity (Wildman–Crippen MR) is 142 cm³/mol. The van der Waals surface area contributed by atoms with Gasteiger partial charge in [0.25, 0.3) is 5.91 Å². The number of amides is 4. The highest BCUT2D eigenvalue weighted by atomic mass is 19.1. The number of carbonyl (C=O) groups excluding carboxylic acids is 4. The summed E-state index contributed by atoms with van der Waals surface area (Å²) < 4.78 is 26.0. The molecule has 4 amide bonds. The molecule has 1 aromatic rings. The number of hydrogen-bond donors (Lipinski definition) is 2. The van der Waals surface area contributed by atoms with Crippen molar-refractivity contribution < 1.29 is 33.0 Å². The molecule has 3 saturated carbocycles. The lowest BCUT2D eigenvalue weighted by atomic mass is 9.77. The number of pyridine rings is 1. The van der Waals surface area contributed by atoms with Crippen LogP contribution in [0.2, 0.25) is 0 Å².